The van der Waals surface area contributed by atoms with Crippen LogP contribution >= 0.6 is 0 Å². The Kier molecular flexibility index (Phi) is 1.74. The van der Waals surface area contributed by atoms with Crippen LogP contribution in [0.1, 0.15) is 23.3 Å². The minimum Gasteiger partial charge on any atom is -0.476 e. The lowest BCUT2D eigenvalue weighted by Crippen LogP contribution is -2.38. The number of ether oxygens (including phenoxy) is 1. The fraction of sp³-hybridized carbons (Fsp3) is 0.400. The third-order valence-corrected chi connectivity index (χ3v) is 2.86. The summed E-state index contributed by atoms with van der Waals surface area (Å²) in [7, 11) is 0. The molecule has 1 aliphatic carbocycles. The van der Waals surface area contributed by atoms with E-state index in [-0.39, 0.29) is 23.3 Å². The van der Waals surface area contributed by atoms with E-state index in [9.17, 15) is 9.59 Å². The van der Waals surface area contributed by atoms with Gasteiger partial charge in [0, 0.05) is 12.1 Å². The van der Waals surface area contributed by atoms with Crippen molar-refractivity contribution < 1.29 is 19.4 Å². The van der Waals surface area contributed by atoms with Crippen molar-refractivity contribution in [1.29, 1.82) is 0 Å². The first-order chi connectivity index (χ1) is 7.66. The van der Waals surface area contributed by atoms with Crippen LogP contribution in [0.5, 0.6) is 5.75 Å². The Hall–Kier alpha value is -1.98. The first-order valence-electron chi connectivity index (χ1n) is 5.09. The Labute approximate surface area is 90.6 Å². The number of aromatic nitrogens is 1. The van der Waals surface area contributed by atoms with Crippen LogP contribution in [0.2, 0.25) is 0 Å². The number of aromatic amines is 1. The maximum atomic E-state index is 11.6. The molecule has 0 spiro atoms. The number of nitrogens with one attached hydrogen (secondary N) is 2. The number of carbonyl (C=O) groups excluding carboxylic acids is 1. The van der Waals surface area contributed by atoms with Crippen molar-refractivity contribution in [3.63, 3.8) is 0 Å². The number of fused-ring (bicyclic) bond motifs is 1. The van der Waals surface area contributed by atoms with E-state index < -0.39 is 12.1 Å². The summed E-state index contributed by atoms with van der Waals surface area (Å²) in [5.74, 6) is -0.813. The van der Waals surface area contributed by atoms with Gasteiger partial charge in [-0.2, -0.15) is 0 Å². The molecule has 1 saturated carbocycles. The maximum Gasteiger partial charge on any atom is 0.356 e. The lowest BCUT2D eigenvalue weighted by Gasteiger charge is -2.23. The van der Waals surface area contributed by atoms with Crippen LogP contribution in [0.25, 0.3) is 0 Å². The molecule has 2 aliphatic rings. The fourth-order valence-corrected chi connectivity index (χ4v) is 1.88. The molecule has 1 aliphatic heterocycles. The highest BCUT2D eigenvalue weighted by Gasteiger charge is 2.42. The average molecular weight is 222 g/mol. The Bertz CT molecular complexity index is 475. The van der Waals surface area contributed by atoms with Crippen molar-refractivity contribution in [3.8, 4) is 5.75 Å². The van der Waals surface area contributed by atoms with Gasteiger partial charge in [-0.15, -0.1) is 0 Å². The molecule has 6 nitrogen and oxygen atoms in total. The fourth-order valence-electron chi connectivity index (χ4n) is 1.88. The molecule has 6 heteroatoms. The van der Waals surface area contributed by atoms with E-state index in [0.29, 0.717) is 5.69 Å². The highest BCUT2D eigenvalue weighted by atomic mass is 16.5. The second-order valence-corrected chi connectivity index (χ2v) is 4.08. The zero-order valence-electron chi connectivity index (χ0n) is 8.32. The van der Waals surface area contributed by atoms with Crippen LogP contribution < -0.4 is 10.1 Å². The van der Waals surface area contributed by atoms with Gasteiger partial charge in [-0.25, -0.2) is 4.79 Å². The molecule has 1 atom stereocenters. The number of rotatable bonds is 2. The zero-order valence-corrected chi connectivity index (χ0v) is 8.32. The molecule has 3 N–H and O–H groups in total. The molecule has 84 valence electrons. The van der Waals surface area contributed by atoms with Crippen LogP contribution in [0.15, 0.2) is 6.20 Å². The summed E-state index contributed by atoms with van der Waals surface area (Å²) in [4.78, 5) is 25.1. The molecule has 0 saturated heterocycles. The molecule has 1 fully saturated rings. The van der Waals surface area contributed by atoms with E-state index in [1.807, 2.05) is 0 Å². The normalized spacial score (nSPS) is 23.2. The van der Waals surface area contributed by atoms with Gasteiger partial charge in [-0.05, 0) is 12.8 Å². The number of aromatic carboxylic acids is 1. The van der Waals surface area contributed by atoms with Crippen molar-refractivity contribution in [3.05, 3.63) is 11.9 Å². The average Bonchev–Trinajstić information content (AvgIpc) is 2.98. The molecular formula is C10H10N2O4. The lowest BCUT2D eigenvalue weighted by atomic mass is 10.2. The monoisotopic (exact) mass is 222 g/mol. The summed E-state index contributed by atoms with van der Waals surface area (Å²) in [6, 6.07) is 0. The number of carboxylic acids is 1. The summed E-state index contributed by atoms with van der Waals surface area (Å²) in [5, 5.41) is 11.6. The SMILES string of the molecule is O=C(O)c1[nH]cc2c1OC(C1CC1)C(=O)N2. The number of anilines is 1. The van der Waals surface area contributed by atoms with Crippen molar-refractivity contribution in [2.75, 3.05) is 5.32 Å². The van der Waals surface area contributed by atoms with Crippen LogP contribution in [0.3, 0.4) is 0 Å². The number of hydrogen-bond donors (Lipinski definition) is 3. The Balaban J connectivity index is 1.97. The topological polar surface area (TPSA) is 91.4 Å². The van der Waals surface area contributed by atoms with Crippen LogP contribution in [0, 0.1) is 5.92 Å². The minimum atomic E-state index is -1.09. The lowest BCUT2D eigenvalue weighted by molar-refractivity contribution is -0.124. The third-order valence-electron chi connectivity index (χ3n) is 2.86. The predicted octanol–water partition coefficient (Wildman–Crippen LogP) is 0.822. The van der Waals surface area contributed by atoms with Crippen LogP contribution in [-0.2, 0) is 4.79 Å². The molecule has 16 heavy (non-hydrogen) atoms. The molecule has 3 rings (SSSR count). The highest BCUT2D eigenvalue weighted by Crippen LogP contribution is 2.41. The predicted molar refractivity (Wildman–Crippen MR) is 53.5 cm³/mol. The summed E-state index contributed by atoms with van der Waals surface area (Å²) >= 11 is 0. The second-order valence-electron chi connectivity index (χ2n) is 4.08. The Morgan fingerprint density at radius 3 is 2.88 bits per heavy atom. The molecule has 1 aromatic heterocycles. The van der Waals surface area contributed by atoms with Gasteiger partial charge in [-0.3, -0.25) is 4.79 Å². The molecule has 0 bridgehead atoms. The van der Waals surface area contributed by atoms with Gasteiger partial charge >= 0.3 is 5.97 Å². The van der Waals surface area contributed by atoms with E-state index in [4.69, 9.17) is 9.84 Å². The summed E-state index contributed by atoms with van der Waals surface area (Å²) < 4.78 is 5.48. The van der Waals surface area contributed by atoms with Crippen molar-refractivity contribution in [2.45, 2.75) is 18.9 Å². The molecular weight excluding hydrogens is 212 g/mol. The highest BCUT2D eigenvalue weighted by molar-refractivity contribution is 6.01. The first kappa shape index (κ1) is 9.26. The summed E-state index contributed by atoms with van der Waals surface area (Å²) in [6.07, 6.45) is 2.81. The number of H-pyrrole nitrogens is 1. The van der Waals surface area contributed by atoms with Gasteiger partial charge in [0.1, 0.15) is 5.69 Å². The standard InChI is InChI=1S/C10H10N2O4/c13-9-7(4-1-2-4)16-8-5(12-9)3-11-6(8)10(14)15/h3-4,7,11H,1-2H2,(H,12,13)(H,14,15). The van der Waals surface area contributed by atoms with Gasteiger partial charge in [-0.1, -0.05) is 0 Å². The van der Waals surface area contributed by atoms with Crippen molar-refractivity contribution in [2.24, 2.45) is 5.92 Å². The van der Waals surface area contributed by atoms with Gasteiger partial charge in [0.25, 0.3) is 5.91 Å². The largest absolute Gasteiger partial charge is 0.476 e. The quantitative estimate of drug-likeness (QED) is 0.690. The van der Waals surface area contributed by atoms with E-state index in [1.165, 1.54) is 6.20 Å². The van der Waals surface area contributed by atoms with Gasteiger partial charge in [0.2, 0.25) is 0 Å². The molecule has 1 unspecified atom stereocenters. The van der Waals surface area contributed by atoms with Crippen LogP contribution in [-0.4, -0.2) is 28.1 Å². The van der Waals surface area contributed by atoms with Crippen LogP contribution in [0.4, 0.5) is 5.69 Å². The van der Waals surface area contributed by atoms with Gasteiger partial charge in [0.05, 0.1) is 0 Å². The number of carbonyl (C=O) groups is 2. The molecule has 1 aromatic rings. The van der Waals surface area contributed by atoms with Crippen molar-refractivity contribution in [1.82, 2.24) is 4.98 Å². The smallest absolute Gasteiger partial charge is 0.356 e. The Morgan fingerprint density at radius 2 is 2.25 bits per heavy atom. The molecule has 2 heterocycles. The van der Waals surface area contributed by atoms with Gasteiger partial charge < -0.3 is 20.1 Å². The van der Waals surface area contributed by atoms with Gasteiger partial charge in [0.15, 0.2) is 17.5 Å². The molecule has 0 radical (unpaired) electrons. The van der Waals surface area contributed by atoms with E-state index in [1.54, 1.807) is 0 Å². The minimum absolute atomic E-state index is 0.0133. The zero-order chi connectivity index (χ0) is 11.3. The molecule has 0 aromatic carbocycles. The summed E-state index contributed by atoms with van der Waals surface area (Å²) in [6.45, 7) is 0. The summed E-state index contributed by atoms with van der Waals surface area (Å²) in [5.41, 5.74) is 0.389. The van der Waals surface area contributed by atoms with E-state index >= 15 is 0 Å². The maximum absolute atomic E-state index is 11.6. The van der Waals surface area contributed by atoms with Crippen molar-refractivity contribution >= 4 is 17.6 Å². The number of hydrogen-bond acceptors (Lipinski definition) is 3. The number of amides is 1. The second kappa shape index (κ2) is 3.01. The van der Waals surface area contributed by atoms with E-state index in [2.05, 4.69) is 10.3 Å². The first-order valence-corrected chi connectivity index (χ1v) is 5.09. The van der Waals surface area contributed by atoms with E-state index in [0.717, 1.165) is 12.8 Å². The molecule has 1 amide bonds. The third kappa shape index (κ3) is 1.26. The Morgan fingerprint density at radius 1 is 1.50 bits per heavy atom. The number of carboxylic acid groups (broad SMARTS) is 1.